The van der Waals surface area contributed by atoms with E-state index in [9.17, 15) is 4.39 Å². The Morgan fingerprint density at radius 1 is 1.15 bits per heavy atom. The molecule has 0 aromatic heterocycles. The largest absolute Gasteiger partial charge is 0.353 e. The summed E-state index contributed by atoms with van der Waals surface area (Å²) in [7, 11) is 0. The summed E-state index contributed by atoms with van der Waals surface area (Å²) in [5.74, 6) is -0.254. The minimum absolute atomic E-state index is 0.254. The van der Waals surface area contributed by atoms with Gasteiger partial charge in [0.2, 0.25) is 0 Å². The molecule has 0 atom stereocenters. The normalized spacial score (nSPS) is 10.4. The molecule has 0 bridgehead atoms. The molecule has 0 heterocycles. The van der Waals surface area contributed by atoms with E-state index in [4.69, 9.17) is 0 Å². The molecule has 0 saturated carbocycles. The predicted octanol–water partition coefficient (Wildman–Crippen LogP) is 5.09. The van der Waals surface area contributed by atoms with E-state index in [1.54, 1.807) is 6.07 Å². The second-order valence-electron chi connectivity index (χ2n) is 5.09. The van der Waals surface area contributed by atoms with E-state index in [0.29, 0.717) is 5.69 Å². The smallest absolute Gasteiger partial charge is 0.146 e. The van der Waals surface area contributed by atoms with Gasteiger partial charge in [0.15, 0.2) is 0 Å². The van der Waals surface area contributed by atoms with Gasteiger partial charge in [-0.25, -0.2) is 4.39 Å². The lowest BCUT2D eigenvalue weighted by molar-refractivity contribution is 0.631. The molecule has 0 spiro atoms. The minimum Gasteiger partial charge on any atom is -0.353 e. The van der Waals surface area contributed by atoms with Crippen molar-refractivity contribution in [2.75, 3.05) is 5.32 Å². The molecule has 2 aromatic carbocycles. The highest BCUT2D eigenvalue weighted by molar-refractivity contribution is 5.77. The standard InChI is InChI=1S/C18H20FN/c1-5-15-8-7-13(3)16(11-15)14(4)20-18-9-6-12(2)10-17(18)19/h6-11,20H,4-5H2,1-3H3. The molecule has 0 aliphatic heterocycles. The van der Waals surface area contributed by atoms with E-state index in [1.165, 1.54) is 11.6 Å². The summed E-state index contributed by atoms with van der Waals surface area (Å²) in [6.45, 7) is 10.1. The molecule has 0 unspecified atom stereocenters. The van der Waals surface area contributed by atoms with Crippen LogP contribution in [-0.4, -0.2) is 0 Å². The molecule has 2 aromatic rings. The summed E-state index contributed by atoms with van der Waals surface area (Å²) in [5, 5.41) is 3.08. The van der Waals surface area contributed by atoms with Crippen LogP contribution in [0, 0.1) is 19.7 Å². The third-order valence-electron chi connectivity index (χ3n) is 3.45. The van der Waals surface area contributed by atoms with Gasteiger partial charge in [0.25, 0.3) is 0 Å². The molecule has 0 aliphatic carbocycles. The van der Waals surface area contributed by atoms with Crippen LogP contribution in [0.25, 0.3) is 5.70 Å². The summed E-state index contributed by atoms with van der Waals surface area (Å²) in [6, 6.07) is 11.4. The molecule has 0 fully saturated rings. The maximum atomic E-state index is 13.9. The highest BCUT2D eigenvalue weighted by Gasteiger charge is 2.07. The Morgan fingerprint density at radius 2 is 1.90 bits per heavy atom. The monoisotopic (exact) mass is 269 g/mol. The topological polar surface area (TPSA) is 12.0 Å². The van der Waals surface area contributed by atoms with Gasteiger partial charge in [-0.1, -0.05) is 31.7 Å². The van der Waals surface area contributed by atoms with Gasteiger partial charge in [0.05, 0.1) is 5.69 Å². The first-order valence-corrected chi connectivity index (χ1v) is 6.83. The van der Waals surface area contributed by atoms with Crippen LogP contribution in [0.15, 0.2) is 43.0 Å². The number of hydrogen-bond donors (Lipinski definition) is 1. The summed E-state index contributed by atoms with van der Waals surface area (Å²) in [5.41, 5.74) is 5.50. The zero-order chi connectivity index (χ0) is 14.7. The number of halogens is 1. The molecule has 0 aliphatic rings. The zero-order valence-electron chi connectivity index (χ0n) is 12.3. The molecular formula is C18H20FN. The Morgan fingerprint density at radius 3 is 2.55 bits per heavy atom. The molecule has 2 rings (SSSR count). The van der Waals surface area contributed by atoms with Crippen molar-refractivity contribution in [1.82, 2.24) is 0 Å². The van der Waals surface area contributed by atoms with Crippen molar-refractivity contribution >= 4 is 11.4 Å². The fourth-order valence-electron chi connectivity index (χ4n) is 2.17. The number of hydrogen-bond acceptors (Lipinski definition) is 1. The average molecular weight is 269 g/mol. The van der Waals surface area contributed by atoms with Crippen LogP contribution >= 0.6 is 0 Å². The Balaban J connectivity index is 2.28. The lowest BCUT2D eigenvalue weighted by atomic mass is 10.0. The highest BCUT2D eigenvalue weighted by Crippen LogP contribution is 2.24. The van der Waals surface area contributed by atoms with Crippen molar-refractivity contribution < 1.29 is 4.39 Å². The first-order chi connectivity index (χ1) is 9.51. The van der Waals surface area contributed by atoms with Gasteiger partial charge in [-0.3, -0.25) is 0 Å². The van der Waals surface area contributed by atoms with E-state index in [-0.39, 0.29) is 5.82 Å². The molecule has 0 saturated heterocycles. The second-order valence-corrected chi connectivity index (χ2v) is 5.09. The average Bonchev–Trinajstić information content (AvgIpc) is 2.42. The van der Waals surface area contributed by atoms with Crippen molar-refractivity contribution in [2.24, 2.45) is 0 Å². The van der Waals surface area contributed by atoms with Crippen LogP contribution in [0.2, 0.25) is 0 Å². The molecule has 0 amide bonds. The van der Waals surface area contributed by atoms with E-state index >= 15 is 0 Å². The lowest BCUT2D eigenvalue weighted by Gasteiger charge is -2.14. The minimum atomic E-state index is -0.254. The van der Waals surface area contributed by atoms with Crippen LogP contribution in [0.3, 0.4) is 0 Å². The van der Waals surface area contributed by atoms with Crippen molar-refractivity contribution in [3.05, 3.63) is 71.0 Å². The first kappa shape index (κ1) is 14.3. The van der Waals surface area contributed by atoms with Crippen molar-refractivity contribution in [3.8, 4) is 0 Å². The van der Waals surface area contributed by atoms with Gasteiger partial charge >= 0.3 is 0 Å². The third-order valence-corrected chi connectivity index (χ3v) is 3.45. The van der Waals surface area contributed by atoms with E-state index in [1.807, 2.05) is 19.9 Å². The Hall–Kier alpha value is -2.09. The molecule has 1 nitrogen and oxygen atoms in total. The van der Waals surface area contributed by atoms with Crippen LogP contribution in [0.5, 0.6) is 0 Å². The fourth-order valence-corrected chi connectivity index (χ4v) is 2.17. The Kier molecular flexibility index (Phi) is 4.23. The SMILES string of the molecule is C=C(Nc1ccc(C)cc1F)c1cc(CC)ccc1C. The van der Waals surface area contributed by atoms with Gasteiger partial charge in [-0.15, -0.1) is 0 Å². The van der Waals surface area contributed by atoms with Crippen LogP contribution in [0.4, 0.5) is 10.1 Å². The predicted molar refractivity (Wildman–Crippen MR) is 84.4 cm³/mol. The van der Waals surface area contributed by atoms with Gasteiger partial charge in [-0.05, 0) is 55.2 Å². The molecule has 2 heteroatoms. The molecule has 20 heavy (non-hydrogen) atoms. The Labute approximate surface area is 120 Å². The van der Waals surface area contributed by atoms with Crippen LogP contribution < -0.4 is 5.32 Å². The third kappa shape index (κ3) is 3.08. The van der Waals surface area contributed by atoms with Gasteiger partial charge in [0, 0.05) is 11.3 Å². The highest BCUT2D eigenvalue weighted by atomic mass is 19.1. The number of rotatable bonds is 4. The molecular weight excluding hydrogens is 249 g/mol. The zero-order valence-corrected chi connectivity index (χ0v) is 12.3. The lowest BCUT2D eigenvalue weighted by Crippen LogP contribution is -2.02. The number of anilines is 1. The van der Waals surface area contributed by atoms with Crippen LogP contribution in [-0.2, 0) is 6.42 Å². The number of nitrogens with one attached hydrogen (secondary N) is 1. The summed E-state index contributed by atoms with van der Waals surface area (Å²) in [6.07, 6.45) is 0.972. The van der Waals surface area contributed by atoms with Crippen LogP contribution in [0.1, 0.15) is 29.2 Å². The van der Waals surface area contributed by atoms with Crippen molar-refractivity contribution in [3.63, 3.8) is 0 Å². The van der Waals surface area contributed by atoms with E-state index < -0.39 is 0 Å². The maximum absolute atomic E-state index is 13.9. The number of benzene rings is 2. The van der Waals surface area contributed by atoms with Crippen molar-refractivity contribution in [2.45, 2.75) is 27.2 Å². The summed E-state index contributed by atoms with van der Waals surface area (Å²) in [4.78, 5) is 0. The molecule has 0 radical (unpaired) electrons. The molecule has 104 valence electrons. The first-order valence-electron chi connectivity index (χ1n) is 6.83. The fraction of sp³-hybridized carbons (Fsp3) is 0.222. The van der Waals surface area contributed by atoms with Gasteiger partial charge in [-0.2, -0.15) is 0 Å². The van der Waals surface area contributed by atoms with E-state index in [2.05, 4.69) is 37.0 Å². The summed E-state index contributed by atoms with van der Waals surface area (Å²) >= 11 is 0. The quantitative estimate of drug-likeness (QED) is 0.815. The second kappa shape index (κ2) is 5.91. The summed E-state index contributed by atoms with van der Waals surface area (Å²) < 4.78 is 13.9. The molecule has 1 N–H and O–H groups in total. The van der Waals surface area contributed by atoms with E-state index in [0.717, 1.165) is 28.8 Å². The Bertz CT molecular complexity index is 644. The number of aryl methyl sites for hydroxylation is 3. The van der Waals surface area contributed by atoms with Gasteiger partial charge in [0.1, 0.15) is 5.82 Å². The van der Waals surface area contributed by atoms with Crippen molar-refractivity contribution in [1.29, 1.82) is 0 Å². The maximum Gasteiger partial charge on any atom is 0.146 e. The van der Waals surface area contributed by atoms with Gasteiger partial charge < -0.3 is 5.32 Å².